The molecule has 1 aromatic heterocycles. The van der Waals surface area contributed by atoms with E-state index in [0.29, 0.717) is 6.42 Å². The second-order valence-electron chi connectivity index (χ2n) is 6.61. The van der Waals surface area contributed by atoms with E-state index in [9.17, 15) is 4.79 Å². The number of fused-ring (bicyclic) bond motifs is 1. The van der Waals surface area contributed by atoms with Crippen molar-refractivity contribution in [2.45, 2.75) is 37.6 Å². The predicted octanol–water partition coefficient (Wildman–Crippen LogP) is 3.38. The first kappa shape index (κ1) is 13.8. The van der Waals surface area contributed by atoms with Gasteiger partial charge in [0.15, 0.2) is 5.96 Å². The Hall–Kier alpha value is -1.88. The van der Waals surface area contributed by atoms with E-state index < -0.39 is 5.54 Å². The molecule has 1 saturated heterocycles. The lowest BCUT2D eigenvalue weighted by Crippen LogP contribution is -2.58. The molecule has 1 aliphatic heterocycles. The topological polar surface area (TPSA) is 56.2 Å². The van der Waals surface area contributed by atoms with Crippen LogP contribution in [0.4, 0.5) is 0 Å². The van der Waals surface area contributed by atoms with Crippen molar-refractivity contribution >= 4 is 33.3 Å². The Labute approximate surface area is 133 Å². The van der Waals surface area contributed by atoms with Crippen molar-refractivity contribution in [3.8, 4) is 0 Å². The summed E-state index contributed by atoms with van der Waals surface area (Å²) in [5.74, 6) is 0.882. The number of rotatable bonds is 2. The van der Waals surface area contributed by atoms with Crippen LogP contribution in [0.15, 0.2) is 23.6 Å². The minimum Gasteiger partial charge on any atom is -0.346 e. The summed E-state index contributed by atoms with van der Waals surface area (Å²) in [5.41, 5.74) is 2.05. The van der Waals surface area contributed by atoms with Crippen LogP contribution in [0.2, 0.25) is 0 Å². The summed E-state index contributed by atoms with van der Waals surface area (Å²) in [4.78, 5) is 13.5. The van der Waals surface area contributed by atoms with Crippen LogP contribution in [0.1, 0.15) is 43.2 Å². The van der Waals surface area contributed by atoms with Gasteiger partial charge in [-0.15, -0.1) is 11.3 Å². The van der Waals surface area contributed by atoms with Crippen molar-refractivity contribution in [3.63, 3.8) is 0 Å². The highest BCUT2D eigenvalue weighted by Gasteiger charge is 2.38. The number of benzene rings is 1. The van der Waals surface area contributed by atoms with Gasteiger partial charge in [-0.3, -0.25) is 15.1 Å². The maximum absolute atomic E-state index is 12.1. The second-order valence-corrected chi connectivity index (χ2v) is 7.52. The second kappa shape index (κ2) is 4.56. The van der Waals surface area contributed by atoms with Crippen molar-refractivity contribution in [2.75, 3.05) is 7.05 Å². The quantitative estimate of drug-likeness (QED) is 0.893. The van der Waals surface area contributed by atoms with Crippen LogP contribution in [-0.2, 0) is 10.3 Å². The zero-order chi connectivity index (χ0) is 15.5. The molecular weight excluding hydrogens is 294 g/mol. The Morgan fingerprint density at radius 2 is 2.18 bits per heavy atom. The molecule has 4 rings (SSSR count). The monoisotopic (exact) mass is 313 g/mol. The van der Waals surface area contributed by atoms with Crippen LogP contribution < -0.4 is 5.32 Å². The van der Waals surface area contributed by atoms with E-state index in [1.165, 1.54) is 33.4 Å². The van der Waals surface area contributed by atoms with Crippen molar-refractivity contribution in [1.29, 1.82) is 5.41 Å². The highest BCUT2D eigenvalue weighted by Crippen LogP contribution is 2.46. The lowest BCUT2D eigenvalue weighted by molar-refractivity contribution is -0.129. The molecule has 2 aliphatic rings. The largest absolute Gasteiger partial charge is 0.346 e. The van der Waals surface area contributed by atoms with Crippen molar-refractivity contribution in [3.05, 3.63) is 34.7 Å². The lowest BCUT2D eigenvalue weighted by Gasteiger charge is -2.39. The van der Waals surface area contributed by atoms with Gasteiger partial charge in [-0.25, -0.2) is 0 Å². The van der Waals surface area contributed by atoms with Gasteiger partial charge in [0, 0.05) is 11.7 Å². The first-order valence-electron chi connectivity index (χ1n) is 7.63. The minimum atomic E-state index is -0.502. The van der Waals surface area contributed by atoms with Crippen LogP contribution in [0.25, 0.3) is 10.1 Å². The molecule has 1 aliphatic carbocycles. The third-order valence-electron chi connectivity index (χ3n) is 4.87. The van der Waals surface area contributed by atoms with Crippen LogP contribution in [0.3, 0.4) is 0 Å². The number of thiophene rings is 1. The van der Waals surface area contributed by atoms with E-state index in [4.69, 9.17) is 5.41 Å². The van der Waals surface area contributed by atoms with Gasteiger partial charge in [-0.05, 0) is 59.7 Å². The standard InChI is InChI=1S/C17H19N3OS/c1-17(8-15(21)20(2)16(18)19-17)11-5-6-14-12(7-11)13(9-22-14)10-3-4-10/h5-7,9-10H,3-4,8H2,1-2H3,(H2,18,19)/t17-/m0/s1. The molecular formula is C17H19N3OS. The number of guanidine groups is 1. The van der Waals surface area contributed by atoms with E-state index >= 15 is 0 Å². The highest BCUT2D eigenvalue weighted by molar-refractivity contribution is 7.17. The first-order chi connectivity index (χ1) is 10.5. The van der Waals surface area contributed by atoms with Gasteiger partial charge in [0.2, 0.25) is 5.91 Å². The van der Waals surface area contributed by atoms with Crippen LogP contribution in [0.5, 0.6) is 0 Å². The molecule has 4 nitrogen and oxygen atoms in total. The van der Waals surface area contributed by atoms with Gasteiger partial charge in [-0.2, -0.15) is 0 Å². The van der Waals surface area contributed by atoms with E-state index in [1.807, 2.05) is 6.92 Å². The van der Waals surface area contributed by atoms with E-state index in [2.05, 4.69) is 28.9 Å². The van der Waals surface area contributed by atoms with Gasteiger partial charge in [0.1, 0.15) is 0 Å². The van der Waals surface area contributed by atoms with Crippen LogP contribution >= 0.6 is 11.3 Å². The summed E-state index contributed by atoms with van der Waals surface area (Å²) in [6, 6.07) is 6.47. The Bertz CT molecular complexity index is 772. The molecule has 2 aromatic rings. The molecule has 0 spiro atoms. The number of carbonyl (C=O) groups is 1. The molecule has 2 heterocycles. The molecule has 1 atom stereocenters. The van der Waals surface area contributed by atoms with E-state index in [0.717, 1.165) is 11.5 Å². The number of nitrogens with zero attached hydrogens (tertiary/aromatic N) is 1. The Morgan fingerprint density at radius 1 is 1.41 bits per heavy atom. The SMILES string of the molecule is CN1C(=N)N[C@](C)(c2ccc3scc(C4CC4)c3c2)CC1=O. The third kappa shape index (κ3) is 2.03. The van der Waals surface area contributed by atoms with Crippen LogP contribution in [-0.4, -0.2) is 23.8 Å². The zero-order valence-electron chi connectivity index (χ0n) is 12.8. The highest BCUT2D eigenvalue weighted by atomic mass is 32.1. The van der Waals surface area contributed by atoms with Crippen LogP contribution in [0, 0.1) is 5.41 Å². The molecule has 5 heteroatoms. The molecule has 0 radical (unpaired) electrons. The average Bonchev–Trinajstić information content (AvgIpc) is 3.24. The van der Waals surface area contributed by atoms with Gasteiger partial charge in [-0.1, -0.05) is 6.07 Å². The van der Waals surface area contributed by atoms with Crippen molar-refractivity contribution in [2.24, 2.45) is 0 Å². The normalized spacial score (nSPS) is 25.6. The number of nitrogens with one attached hydrogen (secondary N) is 2. The number of amides is 1. The fraction of sp³-hybridized carbons (Fsp3) is 0.412. The minimum absolute atomic E-state index is 0.0147. The number of hydrogen-bond donors (Lipinski definition) is 2. The summed E-state index contributed by atoms with van der Waals surface area (Å²) >= 11 is 1.80. The molecule has 0 unspecified atom stereocenters. The van der Waals surface area contributed by atoms with Gasteiger partial charge < -0.3 is 5.32 Å². The Morgan fingerprint density at radius 3 is 2.86 bits per heavy atom. The molecule has 1 amide bonds. The summed E-state index contributed by atoms with van der Waals surface area (Å²) < 4.78 is 1.31. The van der Waals surface area contributed by atoms with Gasteiger partial charge in [0.25, 0.3) is 0 Å². The number of carbonyl (C=O) groups excluding carboxylic acids is 1. The first-order valence-corrected chi connectivity index (χ1v) is 8.51. The zero-order valence-corrected chi connectivity index (χ0v) is 13.6. The summed E-state index contributed by atoms with van der Waals surface area (Å²) in [6.45, 7) is 2.01. The molecule has 2 N–H and O–H groups in total. The molecule has 114 valence electrons. The molecule has 22 heavy (non-hydrogen) atoms. The molecule has 1 aromatic carbocycles. The van der Waals surface area contributed by atoms with E-state index in [1.54, 1.807) is 18.4 Å². The van der Waals surface area contributed by atoms with Crippen molar-refractivity contribution in [1.82, 2.24) is 10.2 Å². The molecule has 0 bridgehead atoms. The number of hydrogen-bond acceptors (Lipinski definition) is 3. The average molecular weight is 313 g/mol. The third-order valence-corrected chi connectivity index (χ3v) is 5.85. The summed E-state index contributed by atoms with van der Waals surface area (Å²) in [5, 5.41) is 14.8. The maximum Gasteiger partial charge on any atom is 0.231 e. The summed E-state index contributed by atoms with van der Waals surface area (Å²) in [7, 11) is 1.64. The molecule has 1 saturated carbocycles. The Kier molecular flexibility index (Phi) is 2.85. The van der Waals surface area contributed by atoms with Gasteiger partial charge in [0.05, 0.1) is 12.0 Å². The predicted molar refractivity (Wildman–Crippen MR) is 89.4 cm³/mol. The molecule has 2 fully saturated rings. The summed E-state index contributed by atoms with van der Waals surface area (Å²) in [6.07, 6.45) is 2.96. The maximum atomic E-state index is 12.1. The smallest absolute Gasteiger partial charge is 0.231 e. The Balaban J connectivity index is 1.78. The fourth-order valence-corrected chi connectivity index (χ4v) is 4.24. The van der Waals surface area contributed by atoms with Crippen molar-refractivity contribution < 1.29 is 4.79 Å². The fourth-order valence-electron chi connectivity index (χ4n) is 3.21. The van der Waals surface area contributed by atoms with Gasteiger partial charge >= 0.3 is 0 Å². The lowest BCUT2D eigenvalue weighted by atomic mass is 9.85. The van der Waals surface area contributed by atoms with E-state index in [-0.39, 0.29) is 11.9 Å².